The van der Waals surface area contributed by atoms with Crippen LogP contribution in [0.5, 0.6) is 0 Å². The van der Waals surface area contributed by atoms with Gasteiger partial charge in [-0.3, -0.25) is 19.3 Å². The second-order valence-electron chi connectivity index (χ2n) is 3.01. The van der Waals surface area contributed by atoms with E-state index in [1.807, 2.05) is 0 Å². The van der Waals surface area contributed by atoms with Gasteiger partial charge in [0, 0.05) is 13.1 Å². The minimum atomic E-state index is -0.607. The highest BCUT2D eigenvalue weighted by Crippen LogP contribution is 2.17. The van der Waals surface area contributed by atoms with Gasteiger partial charge in [0.15, 0.2) is 0 Å². The molecule has 0 bridgehead atoms. The predicted molar refractivity (Wildman–Crippen MR) is 57.9 cm³/mol. The third-order valence-corrected chi connectivity index (χ3v) is 2.89. The molecule has 0 aromatic rings. The molecule has 1 aliphatic rings. The van der Waals surface area contributed by atoms with Gasteiger partial charge in [-0.1, -0.05) is 11.8 Å². The largest absolute Gasteiger partial charge is 0.353 e. The molecule has 1 heterocycles. The highest BCUT2D eigenvalue weighted by molar-refractivity contribution is 8.14. The number of hydrogen-bond acceptors (Lipinski definition) is 4. The van der Waals surface area contributed by atoms with Crippen LogP contribution in [0.3, 0.4) is 0 Å². The number of amides is 3. The van der Waals surface area contributed by atoms with Crippen molar-refractivity contribution in [2.24, 2.45) is 0 Å². The summed E-state index contributed by atoms with van der Waals surface area (Å²) < 4.78 is 0. The Bertz CT molecular complexity index is 280. The maximum absolute atomic E-state index is 11.1. The van der Waals surface area contributed by atoms with Gasteiger partial charge in [0.25, 0.3) is 5.24 Å². The molecule has 3 amide bonds. The number of halogens is 1. The van der Waals surface area contributed by atoms with Crippen molar-refractivity contribution in [2.45, 2.75) is 12.3 Å². The minimum absolute atomic E-state index is 0.193. The molecule has 1 atom stereocenters. The maximum Gasteiger partial charge on any atom is 0.288 e. The lowest BCUT2D eigenvalue weighted by Crippen LogP contribution is -2.39. The van der Waals surface area contributed by atoms with Gasteiger partial charge in [-0.2, -0.15) is 0 Å². The SMILES string of the molecule is C[C@H](Cl)C(=O)NCCN1C(=O)CSC1=O. The van der Waals surface area contributed by atoms with E-state index in [0.29, 0.717) is 0 Å². The molecule has 0 saturated carbocycles. The fourth-order valence-electron chi connectivity index (χ4n) is 1.03. The Morgan fingerprint density at radius 3 is 2.80 bits per heavy atom. The molecule has 7 heteroatoms. The average Bonchev–Trinajstić information content (AvgIpc) is 2.48. The lowest BCUT2D eigenvalue weighted by molar-refractivity contribution is -0.125. The van der Waals surface area contributed by atoms with Gasteiger partial charge in [-0.25, -0.2) is 0 Å². The van der Waals surface area contributed by atoms with E-state index in [2.05, 4.69) is 5.32 Å². The number of nitrogens with one attached hydrogen (secondary N) is 1. The quantitative estimate of drug-likeness (QED) is 0.735. The average molecular weight is 251 g/mol. The molecule has 5 nitrogen and oxygen atoms in total. The Morgan fingerprint density at radius 2 is 2.33 bits per heavy atom. The van der Waals surface area contributed by atoms with Crippen molar-refractivity contribution in [3.8, 4) is 0 Å². The van der Waals surface area contributed by atoms with E-state index < -0.39 is 5.38 Å². The second-order valence-corrected chi connectivity index (χ2v) is 4.59. The summed E-state index contributed by atoms with van der Waals surface area (Å²) in [7, 11) is 0. The van der Waals surface area contributed by atoms with Crippen molar-refractivity contribution in [3.63, 3.8) is 0 Å². The van der Waals surface area contributed by atoms with E-state index in [1.165, 1.54) is 0 Å². The molecule has 1 saturated heterocycles. The van der Waals surface area contributed by atoms with Gasteiger partial charge in [-0.15, -0.1) is 11.6 Å². The van der Waals surface area contributed by atoms with E-state index >= 15 is 0 Å². The highest BCUT2D eigenvalue weighted by atomic mass is 35.5. The van der Waals surface area contributed by atoms with Gasteiger partial charge in [0.05, 0.1) is 5.75 Å². The molecule has 0 aromatic heterocycles. The van der Waals surface area contributed by atoms with Crippen LogP contribution >= 0.6 is 23.4 Å². The number of imide groups is 1. The van der Waals surface area contributed by atoms with Crippen molar-refractivity contribution in [1.82, 2.24) is 10.2 Å². The van der Waals surface area contributed by atoms with E-state index in [1.54, 1.807) is 6.92 Å². The summed E-state index contributed by atoms with van der Waals surface area (Å²) >= 11 is 6.49. The molecule has 0 radical (unpaired) electrons. The van der Waals surface area contributed by atoms with E-state index in [-0.39, 0.29) is 35.9 Å². The van der Waals surface area contributed by atoms with Crippen LogP contribution in [-0.4, -0.2) is 46.2 Å². The molecular weight excluding hydrogens is 240 g/mol. The Labute approximate surface area is 96.5 Å². The Balaban J connectivity index is 2.28. The monoisotopic (exact) mass is 250 g/mol. The summed E-state index contributed by atoms with van der Waals surface area (Å²) in [5.41, 5.74) is 0. The normalized spacial score (nSPS) is 18.1. The van der Waals surface area contributed by atoms with Crippen LogP contribution in [0.25, 0.3) is 0 Å². The topological polar surface area (TPSA) is 66.5 Å². The summed E-state index contributed by atoms with van der Waals surface area (Å²) in [5, 5.41) is 1.66. The Kier molecular flexibility index (Phi) is 4.41. The molecule has 1 fully saturated rings. The number of nitrogens with zero attached hydrogens (tertiary/aromatic N) is 1. The summed E-state index contributed by atoms with van der Waals surface area (Å²) in [6.45, 7) is 2.01. The molecule has 1 N–H and O–H groups in total. The van der Waals surface area contributed by atoms with E-state index in [0.717, 1.165) is 16.7 Å². The molecule has 0 spiro atoms. The number of carbonyl (C=O) groups excluding carboxylic acids is 3. The summed E-state index contributed by atoms with van der Waals surface area (Å²) in [6, 6.07) is 0. The third kappa shape index (κ3) is 3.39. The van der Waals surface area contributed by atoms with E-state index in [9.17, 15) is 14.4 Å². The molecule has 84 valence electrons. The van der Waals surface area contributed by atoms with Crippen LogP contribution in [0.1, 0.15) is 6.92 Å². The number of thioether (sulfide) groups is 1. The zero-order chi connectivity index (χ0) is 11.4. The van der Waals surface area contributed by atoms with Crippen molar-refractivity contribution in [1.29, 1.82) is 0 Å². The van der Waals surface area contributed by atoms with Crippen LogP contribution in [0.2, 0.25) is 0 Å². The van der Waals surface area contributed by atoms with Gasteiger partial charge in [-0.05, 0) is 6.92 Å². The smallest absolute Gasteiger partial charge is 0.288 e. The number of rotatable bonds is 4. The molecule has 0 aromatic carbocycles. The van der Waals surface area contributed by atoms with Crippen LogP contribution in [0.4, 0.5) is 4.79 Å². The van der Waals surface area contributed by atoms with Crippen LogP contribution in [0, 0.1) is 0 Å². The minimum Gasteiger partial charge on any atom is -0.353 e. The van der Waals surface area contributed by atoms with Gasteiger partial charge >= 0.3 is 0 Å². The lowest BCUT2D eigenvalue weighted by atomic mass is 10.4. The van der Waals surface area contributed by atoms with E-state index in [4.69, 9.17) is 11.6 Å². The maximum atomic E-state index is 11.1. The standard InChI is InChI=1S/C8H11ClN2O3S/c1-5(9)7(13)10-2-3-11-6(12)4-15-8(11)14/h5H,2-4H2,1H3,(H,10,13)/t5-/m0/s1. The molecular formula is C8H11ClN2O3S. The number of hydrogen-bond donors (Lipinski definition) is 1. The molecule has 1 aliphatic heterocycles. The van der Waals surface area contributed by atoms with Crippen LogP contribution in [-0.2, 0) is 9.59 Å². The van der Waals surface area contributed by atoms with Crippen molar-refractivity contribution < 1.29 is 14.4 Å². The lowest BCUT2D eigenvalue weighted by Gasteiger charge is -2.13. The zero-order valence-corrected chi connectivity index (χ0v) is 9.73. The van der Waals surface area contributed by atoms with Gasteiger partial charge in [0.1, 0.15) is 5.38 Å². The molecule has 1 rings (SSSR count). The molecule has 0 unspecified atom stereocenters. The second kappa shape index (κ2) is 5.37. The van der Waals surface area contributed by atoms with Crippen molar-refractivity contribution in [2.75, 3.05) is 18.8 Å². The van der Waals surface area contributed by atoms with Crippen molar-refractivity contribution >= 4 is 40.4 Å². The summed E-state index contributed by atoms with van der Waals surface area (Å²) in [4.78, 5) is 34.4. The molecule has 0 aliphatic carbocycles. The summed E-state index contributed by atoms with van der Waals surface area (Å²) in [6.07, 6.45) is 0. The fraction of sp³-hybridized carbons (Fsp3) is 0.625. The number of alkyl halides is 1. The van der Waals surface area contributed by atoms with Crippen LogP contribution < -0.4 is 5.32 Å². The predicted octanol–water partition coefficient (Wildman–Crippen LogP) is 0.425. The highest BCUT2D eigenvalue weighted by Gasteiger charge is 2.29. The van der Waals surface area contributed by atoms with Gasteiger partial charge in [0.2, 0.25) is 11.8 Å². The Morgan fingerprint density at radius 1 is 1.67 bits per heavy atom. The number of carbonyl (C=O) groups is 3. The first-order valence-electron chi connectivity index (χ1n) is 4.41. The summed E-state index contributed by atoms with van der Waals surface area (Å²) in [5.74, 6) is -0.319. The Hall–Kier alpha value is -0.750. The zero-order valence-electron chi connectivity index (χ0n) is 8.16. The van der Waals surface area contributed by atoms with Crippen LogP contribution in [0.15, 0.2) is 0 Å². The first-order chi connectivity index (χ1) is 7.02. The first kappa shape index (κ1) is 12.3. The van der Waals surface area contributed by atoms with Crippen molar-refractivity contribution in [3.05, 3.63) is 0 Å². The fourth-order valence-corrected chi connectivity index (χ4v) is 1.86. The molecule has 15 heavy (non-hydrogen) atoms. The first-order valence-corrected chi connectivity index (χ1v) is 5.83. The third-order valence-electron chi connectivity index (χ3n) is 1.84. The van der Waals surface area contributed by atoms with Gasteiger partial charge < -0.3 is 5.32 Å².